The molecule has 0 bridgehead atoms. The van der Waals surface area contributed by atoms with E-state index in [1.54, 1.807) is 6.92 Å². The van der Waals surface area contributed by atoms with Gasteiger partial charge >= 0.3 is 6.08 Å². The summed E-state index contributed by atoms with van der Waals surface area (Å²) in [5, 5.41) is 22.7. The Kier molecular flexibility index (Phi) is 4.62. The summed E-state index contributed by atoms with van der Waals surface area (Å²) >= 11 is 0. The molecule has 152 valence electrons. The summed E-state index contributed by atoms with van der Waals surface area (Å²) < 4.78 is 31.8. The molecule has 0 radical (unpaired) electrons. The molecule has 4 rings (SSSR count). The van der Waals surface area contributed by atoms with Crippen molar-refractivity contribution >= 4 is 17.0 Å². The fourth-order valence-electron chi connectivity index (χ4n) is 3.25. The fourth-order valence-corrected chi connectivity index (χ4v) is 3.25. The van der Waals surface area contributed by atoms with Crippen LogP contribution in [0.2, 0.25) is 0 Å². The summed E-state index contributed by atoms with van der Waals surface area (Å²) in [6, 6.07) is 0. The molecule has 4 heterocycles. The van der Waals surface area contributed by atoms with Gasteiger partial charge < -0.3 is 29.7 Å². The zero-order valence-corrected chi connectivity index (χ0v) is 15.4. The van der Waals surface area contributed by atoms with Crippen molar-refractivity contribution in [3.8, 4) is 12.3 Å². The quantitative estimate of drug-likeness (QED) is 0.490. The van der Waals surface area contributed by atoms with Gasteiger partial charge in [0.15, 0.2) is 28.3 Å². The van der Waals surface area contributed by atoms with Crippen molar-refractivity contribution in [3.05, 3.63) is 36.4 Å². The van der Waals surface area contributed by atoms with E-state index < -0.39 is 30.6 Å². The molecule has 11 heteroatoms. The monoisotopic (exact) mass is 403 g/mol. The molecule has 1 saturated heterocycles. The van der Waals surface area contributed by atoms with E-state index in [1.165, 1.54) is 10.9 Å². The summed E-state index contributed by atoms with van der Waals surface area (Å²) in [7, 11) is 0. The average molecular weight is 403 g/mol. The van der Waals surface area contributed by atoms with Gasteiger partial charge in [-0.2, -0.15) is 14.4 Å². The van der Waals surface area contributed by atoms with E-state index in [0.29, 0.717) is 11.5 Å². The number of terminal acetylenes is 1. The topological polar surface area (TPSA) is 124 Å². The maximum absolute atomic E-state index is 14.1. The van der Waals surface area contributed by atoms with Crippen LogP contribution >= 0.6 is 0 Å². The number of aromatic nitrogens is 4. The predicted molar refractivity (Wildman–Crippen MR) is 97.2 cm³/mol. The maximum atomic E-state index is 14.1. The van der Waals surface area contributed by atoms with Crippen molar-refractivity contribution in [3.63, 3.8) is 0 Å². The number of ether oxygens (including phenoxy) is 3. The van der Waals surface area contributed by atoms with Gasteiger partial charge in [0.1, 0.15) is 18.1 Å². The number of nitrogens with zero attached hydrogens (tertiary/aromatic N) is 4. The number of rotatable bonds is 5. The Bertz CT molecular complexity index is 1060. The first-order valence-corrected chi connectivity index (χ1v) is 8.69. The molecule has 3 atom stereocenters. The summed E-state index contributed by atoms with van der Waals surface area (Å²) in [6.07, 6.45) is 4.00. The van der Waals surface area contributed by atoms with Gasteiger partial charge in [0.25, 0.3) is 5.95 Å². The summed E-state index contributed by atoms with van der Waals surface area (Å²) in [5.74, 6) is 3.58. The number of aliphatic hydroxyl groups is 2. The lowest BCUT2D eigenvalue weighted by molar-refractivity contribution is -0.0891. The molecule has 0 amide bonds. The first-order valence-electron chi connectivity index (χ1n) is 8.69. The Balaban J connectivity index is 1.63. The van der Waals surface area contributed by atoms with Crippen LogP contribution in [0.3, 0.4) is 0 Å². The molecule has 10 nitrogen and oxygen atoms in total. The zero-order valence-electron chi connectivity index (χ0n) is 15.4. The number of allylic oxidation sites excluding steroid dienone is 1. The second-order valence-electron chi connectivity index (χ2n) is 6.59. The van der Waals surface area contributed by atoms with Gasteiger partial charge in [-0.1, -0.05) is 5.92 Å². The third-order valence-electron chi connectivity index (χ3n) is 4.81. The van der Waals surface area contributed by atoms with Crippen molar-refractivity contribution in [2.24, 2.45) is 0 Å². The number of imidazole rings is 1. The van der Waals surface area contributed by atoms with Crippen LogP contribution in [-0.2, 0) is 14.2 Å². The van der Waals surface area contributed by atoms with Crippen LogP contribution in [0, 0.1) is 18.4 Å². The van der Waals surface area contributed by atoms with Crippen molar-refractivity contribution in [2.45, 2.75) is 31.3 Å². The molecule has 2 aromatic heterocycles. The SMILES string of the molecule is C#C[C@]1(CO)O[C@@H](n2cnc3c(NCC4=C(C)OC(=C)O4)nc(F)nc32)C[C@@H]1O. The highest BCUT2D eigenvalue weighted by Crippen LogP contribution is 2.38. The lowest BCUT2D eigenvalue weighted by Crippen LogP contribution is -2.41. The van der Waals surface area contributed by atoms with Crippen LogP contribution in [0.5, 0.6) is 0 Å². The van der Waals surface area contributed by atoms with Gasteiger partial charge in [-0.05, 0) is 13.5 Å². The smallest absolute Gasteiger partial charge is 0.312 e. The van der Waals surface area contributed by atoms with E-state index in [9.17, 15) is 14.6 Å². The molecule has 29 heavy (non-hydrogen) atoms. The predicted octanol–water partition coefficient (Wildman–Crippen LogP) is 0.771. The number of anilines is 1. The fraction of sp³-hybridized carbons (Fsp3) is 0.389. The number of halogens is 1. The number of fused-ring (bicyclic) bond motifs is 1. The summed E-state index contributed by atoms with van der Waals surface area (Å²) in [5.41, 5.74) is -1.12. The highest BCUT2D eigenvalue weighted by molar-refractivity contribution is 5.82. The van der Waals surface area contributed by atoms with Gasteiger partial charge in [-0.3, -0.25) is 4.57 Å². The Morgan fingerprint density at radius 3 is 2.90 bits per heavy atom. The van der Waals surface area contributed by atoms with Crippen LogP contribution in [0.25, 0.3) is 11.2 Å². The van der Waals surface area contributed by atoms with E-state index in [0.717, 1.165) is 0 Å². The number of hydrogen-bond donors (Lipinski definition) is 3. The van der Waals surface area contributed by atoms with Crippen molar-refractivity contribution in [1.29, 1.82) is 0 Å². The number of aliphatic hydroxyl groups excluding tert-OH is 2. The van der Waals surface area contributed by atoms with Crippen LogP contribution in [0.4, 0.5) is 10.2 Å². The van der Waals surface area contributed by atoms with Crippen LogP contribution in [0.15, 0.2) is 30.4 Å². The second-order valence-corrected chi connectivity index (χ2v) is 6.59. The van der Waals surface area contributed by atoms with Gasteiger partial charge in [-0.15, -0.1) is 6.42 Å². The van der Waals surface area contributed by atoms with Gasteiger partial charge in [-0.25, -0.2) is 4.98 Å². The van der Waals surface area contributed by atoms with E-state index in [2.05, 4.69) is 32.8 Å². The van der Waals surface area contributed by atoms with Gasteiger partial charge in [0.2, 0.25) is 0 Å². The molecule has 2 aromatic rings. The van der Waals surface area contributed by atoms with E-state index in [1.807, 2.05) is 0 Å². The molecule has 0 unspecified atom stereocenters. The molecule has 2 aliphatic heterocycles. The minimum atomic E-state index is -1.54. The number of nitrogens with one attached hydrogen (secondary N) is 1. The van der Waals surface area contributed by atoms with Crippen molar-refractivity contribution < 1.29 is 28.8 Å². The van der Waals surface area contributed by atoms with E-state index in [-0.39, 0.29) is 35.9 Å². The molecular weight excluding hydrogens is 385 g/mol. The molecule has 0 aliphatic carbocycles. The van der Waals surface area contributed by atoms with E-state index >= 15 is 0 Å². The summed E-state index contributed by atoms with van der Waals surface area (Å²) in [6.45, 7) is 4.88. The first-order chi connectivity index (χ1) is 13.9. The second kappa shape index (κ2) is 7.00. The molecule has 0 aromatic carbocycles. The lowest BCUT2D eigenvalue weighted by atomic mass is 9.99. The highest BCUT2D eigenvalue weighted by atomic mass is 19.1. The Labute approximate surface area is 164 Å². The van der Waals surface area contributed by atoms with Crippen molar-refractivity contribution in [1.82, 2.24) is 19.5 Å². The maximum Gasteiger partial charge on any atom is 0.312 e. The van der Waals surface area contributed by atoms with Crippen molar-refractivity contribution in [2.75, 3.05) is 18.5 Å². The zero-order chi connectivity index (χ0) is 20.8. The van der Waals surface area contributed by atoms with Crippen LogP contribution in [0.1, 0.15) is 19.6 Å². The molecule has 2 aliphatic rings. The largest absolute Gasteiger partial charge is 0.428 e. The first kappa shape index (κ1) is 19.1. The molecule has 1 fully saturated rings. The highest BCUT2D eigenvalue weighted by Gasteiger charge is 2.47. The van der Waals surface area contributed by atoms with Crippen LogP contribution in [-0.4, -0.2) is 54.6 Å². The lowest BCUT2D eigenvalue weighted by Gasteiger charge is -2.23. The third-order valence-corrected chi connectivity index (χ3v) is 4.81. The summed E-state index contributed by atoms with van der Waals surface area (Å²) in [4.78, 5) is 11.8. The minimum absolute atomic E-state index is 0.0734. The molecule has 0 spiro atoms. The van der Waals surface area contributed by atoms with Gasteiger partial charge in [0, 0.05) is 6.42 Å². The number of hydrogen-bond acceptors (Lipinski definition) is 9. The molecular formula is C18H18FN5O5. The Morgan fingerprint density at radius 1 is 1.48 bits per heavy atom. The molecule has 0 saturated carbocycles. The Hall–Kier alpha value is -3.20. The van der Waals surface area contributed by atoms with Gasteiger partial charge in [0.05, 0.1) is 19.5 Å². The normalized spacial score (nSPS) is 26.5. The van der Waals surface area contributed by atoms with E-state index in [4.69, 9.17) is 20.6 Å². The minimum Gasteiger partial charge on any atom is -0.428 e. The average Bonchev–Trinajstić information content (AvgIpc) is 3.34. The third kappa shape index (κ3) is 3.17. The standard InChI is InChI=1S/C18H18FN5O5/c1-4-18(7-25)12(26)5-13(29-18)24-8-21-14-15(22-17(19)23-16(14)24)20-6-11-9(2)27-10(3)28-11/h1,8,12-13,25-26H,3,5-7H2,2H3,(H,20,22,23)/t12-,13+,18+/m0/s1. The van der Waals surface area contributed by atoms with Crippen LogP contribution < -0.4 is 5.32 Å². The Morgan fingerprint density at radius 2 is 2.28 bits per heavy atom. The molecule has 3 N–H and O–H groups in total.